The maximum atomic E-state index is 12.3. The summed E-state index contributed by atoms with van der Waals surface area (Å²) in [6, 6.07) is 16.8. The molecule has 0 spiro atoms. The Balaban J connectivity index is 1.34. The fourth-order valence-corrected chi connectivity index (χ4v) is 6.15. The van der Waals surface area contributed by atoms with Crippen molar-refractivity contribution < 1.29 is 9.59 Å². The second kappa shape index (κ2) is 17.4. The van der Waals surface area contributed by atoms with Gasteiger partial charge in [-0.15, -0.1) is 0 Å². The lowest BCUT2D eigenvalue weighted by Crippen LogP contribution is -2.13. The van der Waals surface area contributed by atoms with Gasteiger partial charge in [0, 0.05) is 12.0 Å². The number of benzene rings is 2. The lowest BCUT2D eigenvalue weighted by Gasteiger charge is -2.29. The lowest BCUT2D eigenvalue weighted by atomic mass is 9.77. The first kappa shape index (κ1) is 30.3. The Bertz CT molecular complexity index is 932. The van der Waals surface area contributed by atoms with Crippen molar-refractivity contribution >= 4 is 11.6 Å². The predicted octanol–water partition coefficient (Wildman–Crippen LogP) is 10.9. The zero-order chi connectivity index (χ0) is 27.0. The van der Waals surface area contributed by atoms with Gasteiger partial charge in [0.15, 0.2) is 5.78 Å². The lowest BCUT2D eigenvalue weighted by molar-refractivity contribution is -0.118. The molecule has 0 bridgehead atoms. The molecule has 38 heavy (non-hydrogen) atoms. The first-order valence-corrected chi connectivity index (χ1v) is 15.9. The summed E-state index contributed by atoms with van der Waals surface area (Å²) >= 11 is 0. The normalized spacial score (nSPS) is 17.4. The number of Topliss-reactive ketones (excluding diaryl/α,β-unsaturated/α-hetero) is 2. The number of unbranched alkanes of at least 4 members (excludes halogenated alkanes) is 9. The van der Waals surface area contributed by atoms with Crippen molar-refractivity contribution in [2.24, 2.45) is 5.92 Å². The third kappa shape index (κ3) is 10.5. The SMILES string of the molecule is CCCCCCCCCCCCC1CCC(c2ccc(-c3ccc(C(=O)CC(=O)CCC)cc3)cc2)CC1. The minimum atomic E-state index is -0.0749. The van der Waals surface area contributed by atoms with E-state index in [9.17, 15) is 9.59 Å². The van der Waals surface area contributed by atoms with Crippen LogP contribution in [0.4, 0.5) is 0 Å². The van der Waals surface area contributed by atoms with Crippen LogP contribution in [0.1, 0.15) is 151 Å². The summed E-state index contributed by atoms with van der Waals surface area (Å²) < 4.78 is 0. The molecule has 1 aliphatic carbocycles. The molecule has 2 aromatic carbocycles. The van der Waals surface area contributed by atoms with Gasteiger partial charge in [-0.2, -0.15) is 0 Å². The minimum absolute atomic E-state index is 0.0172. The topological polar surface area (TPSA) is 34.1 Å². The molecule has 0 aromatic heterocycles. The molecule has 1 saturated carbocycles. The van der Waals surface area contributed by atoms with Crippen LogP contribution in [0.15, 0.2) is 48.5 Å². The maximum absolute atomic E-state index is 12.3. The smallest absolute Gasteiger partial charge is 0.170 e. The van der Waals surface area contributed by atoms with E-state index in [4.69, 9.17) is 0 Å². The van der Waals surface area contributed by atoms with Crippen molar-refractivity contribution in [2.45, 2.75) is 135 Å². The molecule has 208 valence electrons. The summed E-state index contributed by atoms with van der Waals surface area (Å²) in [4.78, 5) is 24.1. The molecule has 0 atom stereocenters. The number of carbonyl (C=O) groups is 2. The van der Waals surface area contributed by atoms with Crippen LogP contribution in [-0.4, -0.2) is 11.6 Å². The Morgan fingerprint density at radius 1 is 0.632 bits per heavy atom. The molecule has 3 rings (SSSR count). The third-order valence-electron chi connectivity index (χ3n) is 8.62. The quantitative estimate of drug-likeness (QED) is 0.112. The average molecular weight is 517 g/mol. The monoisotopic (exact) mass is 516 g/mol. The standard InChI is InChI=1S/C36H52O2/c1-3-5-6-7-8-9-10-11-12-13-15-29-16-18-30(19-17-29)31-20-22-32(23-21-31)33-24-26-34(27-25-33)36(38)28-35(37)14-4-2/h20-27,29-30H,3-19,28H2,1-2H3. The van der Waals surface area contributed by atoms with E-state index in [0.29, 0.717) is 17.9 Å². The van der Waals surface area contributed by atoms with Gasteiger partial charge in [-0.3, -0.25) is 9.59 Å². The molecule has 2 aromatic rings. The van der Waals surface area contributed by atoms with E-state index in [-0.39, 0.29) is 18.0 Å². The molecular weight excluding hydrogens is 464 g/mol. The molecule has 0 heterocycles. The first-order chi connectivity index (χ1) is 18.6. The van der Waals surface area contributed by atoms with Crippen LogP contribution in [0.25, 0.3) is 11.1 Å². The molecule has 0 aliphatic heterocycles. The van der Waals surface area contributed by atoms with E-state index in [1.165, 1.54) is 107 Å². The molecule has 1 fully saturated rings. The Morgan fingerprint density at radius 3 is 1.71 bits per heavy atom. The predicted molar refractivity (Wildman–Crippen MR) is 162 cm³/mol. The highest BCUT2D eigenvalue weighted by Crippen LogP contribution is 2.38. The Hall–Kier alpha value is -2.22. The van der Waals surface area contributed by atoms with Gasteiger partial charge in [0.05, 0.1) is 6.42 Å². The number of carbonyl (C=O) groups excluding carboxylic acids is 2. The largest absolute Gasteiger partial charge is 0.299 e. The molecule has 2 nitrogen and oxygen atoms in total. The molecule has 0 amide bonds. The summed E-state index contributed by atoms with van der Waals surface area (Å²) in [5.41, 5.74) is 4.41. The Morgan fingerprint density at radius 2 is 1.16 bits per heavy atom. The summed E-state index contributed by atoms with van der Waals surface area (Å²) in [6.07, 6.45) is 22.4. The highest BCUT2D eigenvalue weighted by Gasteiger charge is 2.22. The number of rotatable bonds is 18. The van der Waals surface area contributed by atoms with Crippen LogP contribution in [-0.2, 0) is 4.79 Å². The van der Waals surface area contributed by atoms with Gasteiger partial charge >= 0.3 is 0 Å². The van der Waals surface area contributed by atoms with Crippen LogP contribution in [0.3, 0.4) is 0 Å². The zero-order valence-electron chi connectivity index (χ0n) is 24.3. The number of hydrogen-bond donors (Lipinski definition) is 0. The average Bonchev–Trinajstić information content (AvgIpc) is 2.95. The second-order valence-electron chi connectivity index (χ2n) is 11.8. The van der Waals surface area contributed by atoms with E-state index in [1.54, 1.807) is 0 Å². The van der Waals surface area contributed by atoms with Gasteiger partial charge in [0.25, 0.3) is 0 Å². The van der Waals surface area contributed by atoms with Gasteiger partial charge in [-0.1, -0.05) is 133 Å². The van der Waals surface area contributed by atoms with E-state index in [0.717, 1.165) is 17.9 Å². The molecule has 2 heteroatoms. The highest BCUT2D eigenvalue weighted by atomic mass is 16.1. The first-order valence-electron chi connectivity index (χ1n) is 15.9. The van der Waals surface area contributed by atoms with Crippen molar-refractivity contribution in [3.63, 3.8) is 0 Å². The van der Waals surface area contributed by atoms with Crippen molar-refractivity contribution in [1.29, 1.82) is 0 Å². The fourth-order valence-electron chi connectivity index (χ4n) is 6.15. The van der Waals surface area contributed by atoms with Crippen LogP contribution >= 0.6 is 0 Å². The third-order valence-corrected chi connectivity index (χ3v) is 8.62. The summed E-state index contributed by atoms with van der Waals surface area (Å²) in [7, 11) is 0. The van der Waals surface area contributed by atoms with Crippen molar-refractivity contribution in [3.05, 3.63) is 59.7 Å². The van der Waals surface area contributed by atoms with E-state index >= 15 is 0 Å². The maximum Gasteiger partial charge on any atom is 0.170 e. The van der Waals surface area contributed by atoms with Gasteiger partial charge in [0.1, 0.15) is 5.78 Å². The van der Waals surface area contributed by atoms with E-state index in [2.05, 4.69) is 31.2 Å². The summed E-state index contributed by atoms with van der Waals surface area (Å²) in [5.74, 6) is 1.60. The van der Waals surface area contributed by atoms with Crippen molar-refractivity contribution in [3.8, 4) is 11.1 Å². The zero-order valence-corrected chi connectivity index (χ0v) is 24.3. The van der Waals surface area contributed by atoms with Crippen LogP contribution in [0, 0.1) is 5.92 Å². The molecule has 0 radical (unpaired) electrons. The van der Waals surface area contributed by atoms with Gasteiger partial charge in [-0.05, 0) is 60.6 Å². The Labute approximate surface area is 233 Å². The summed E-state index contributed by atoms with van der Waals surface area (Å²) in [5, 5.41) is 0. The fraction of sp³-hybridized carbons (Fsp3) is 0.611. The van der Waals surface area contributed by atoms with E-state index < -0.39 is 0 Å². The van der Waals surface area contributed by atoms with E-state index in [1.807, 2.05) is 31.2 Å². The highest BCUT2D eigenvalue weighted by molar-refractivity contribution is 6.08. The van der Waals surface area contributed by atoms with Crippen LogP contribution < -0.4 is 0 Å². The van der Waals surface area contributed by atoms with Crippen molar-refractivity contribution in [1.82, 2.24) is 0 Å². The number of hydrogen-bond acceptors (Lipinski definition) is 2. The van der Waals surface area contributed by atoms with Crippen LogP contribution in [0.5, 0.6) is 0 Å². The van der Waals surface area contributed by atoms with Gasteiger partial charge in [-0.25, -0.2) is 0 Å². The Kier molecular flexibility index (Phi) is 13.9. The molecule has 0 saturated heterocycles. The minimum Gasteiger partial charge on any atom is -0.299 e. The molecular formula is C36H52O2. The molecule has 0 N–H and O–H groups in total. The number of ketones is 2. The summed E-state index contributed by atoms with van der Waals surface area (Å²) in [6.45, 7) is 4.26. The van der Waals surface area contributed by atoms with Gasteiger partial charge in [0.2, 0.25) is 0 Å². The molecule has 0 unspecified atom stereocenters. The van der Waals surface area contributed by atoms with Gasteiger partial charge < -0.3 is 0 Å². The van der Waals surface area contributed by atoms with Crippen LogP contribution in [0.2, 0.25) is 0 Å². The second-order valence-corrected chi connectivity index (χ2v) is 11.8. The molecule has 1 aliphatic rings. The van der Waals surface area contributed by atoms with Crippen molar-refractivity contribution in [2.75, 3.05) is 0 Å².